The van der Waals surface area contributed by atoms with Crippen LogP contribution in [0, 0.1) is 0 Å². The van der Waals surface area contributed by atoms with Crippen molar-refractivity contribution in [2.45, 2.75) is 11.8 Å². The fourth-order valence-electron chi connectivity index (χ4n) is 2.58. The standard InChI is InChI=1S/C18H17N3O6S/c1-12(22)13-5-4-6-14(9-13)28(25,26)20-19-17(23)10-21-15-7-2-3-8-16(15)27-11-18(21)24/h2-9,20H,10-11H2,1H3,(H,19,23). The minimum Gasteiger partial charge on any atom is -0.482 e. The third kappa shape index (κ3) is 4.18. The van der Waals surface area contributed by atoms with Gasteiger partial charge in [0.05, 0.1) is 10.6 Å². The molecule has 2 amide bonds. The van der Waals surface area contributed by atoms with E-state index in [1.807, 2.05) is 4.83 Å². The lowest BCUT2D eigenvalue weighted by Gasteiger charge is -2.28. The van der Waals surface area contributed by atoms with Gasteiger partial charge in [0.1, 0.15) is 12.3 Å². The largest absolute Gasteiger partial charge is 0.482 e. The van der Waals surface area contributed by atoms with E-state index in [-0.39, 0.29) is 22.8 Å². The second-order valence-electron chi connectivity index (χ2n) is 5.97. The number of sulfonamides is 1. The first-order chi connectivity index (χ1) is 13.3. The van der Waals surface area contributed by atoms with E-state index in [2.05, 4.69) is 5.43 Å². The molecular weight excluding hydrogens is 386 g/mol. The maximum atomic E-state index is 12.3. The zero-order valence-electron chi connectivity index (χ0n) is 14.8. The molecule has 0 atom stereocenters. The van der Waals surface area contributed by atoms with E-state index in [1.165, 1.54) is 36.1 Å². The quantitative estimate of drug-likeness (QED) is 0.539. The monoisotopic (exact) mass is 403 g/mol. The number of hydrogen-bond donors (Lipinski definition) is 2. The molecule has 3 rings (SSSR count). The van der Waals surface area contributed by atoms with Crippen LogP contribution >= 0.6 is 0 Å². The normalized spacial score (nSPS) is 13.5. The van der Waals surface area contributed by atoms with Crippen LogP contribution in [0.15, 0.2) is 53.4 Å². The Bertz CT molecular complexity index is 1050. The van der Waals surface area contributed by atoms with Crippen LogP contribution in [0.4, 0.5) is 5.69 Å². The Labute approximate surface area is 161 Å². The molecule has 0 bridgehead atoms. The summed E-state index contributed by atoms with van der Waals surface area (Å²) in [6, 6.07) is 12.1. The summed E-state index contributed by atoms with van der Waals surface area (Å²) in [4.78, 5) is 38.7. The first kappa shape index (κ1) is 19.5. The summed E-state index contributed by atoms with van der Waals surface area (Å²) < 4.78 is 29.9. The average molecular weight is 403 g/mol. The summed E-state index contributed by atoms with van der Waals surface area (Å²) in [5.41, 5.74) is 2.72. The van der Waals surface area contributed by atoms with E-state index >= 15 is 0 Å². The van der Waals surface area contributed by atoms with Crippen molar-refractivity contribution in [2.24, 2.45) is 0 Å². The third-order valence-corrected chi connectivity index (χ3v) is 5.23. The Morgan fingerprint density at radius 1 is 1.14 bits per heavy atom. The number of carbonyl (C=O) groups is 3. The molecule has 10 heteroatoms. The predicted octanol–water partition coefficient (Wildman–Crippen LogP) is 0.624. The van der Waals surface area contributed by atoms with Gasteiger partial charge in [-0.15, -0.1) is 4.83 Å². The number of ketones is 1. The molecule has 2 aromatic rings. The average Bonchev–Trinajstić information content (AvgIpc) is 2.69. The maximum absolute atomic E-state index is 12.3. The number of amides is 2. The number of ether oxygens (including phenoxy) is 1. The van der Waals surface area contributed by atoms with E-state index in [0.29, 0.717) is 11.4 Å². The van der Waals surface area contributed by atoms with Gasteiger partial charge in [-0.25, -0.2) is 8.42 Å². The van der Waals surface area contributed by atoms with Crippen LogP contribution in [-0.4, -0.2) is 39.2 Å². The first-order valence-corrected chi connectivity index (χ1v) is 9.70. The van der Waals surface area contributed by atoms with Crippen LogP contribution in [0.25, 0.3) is 0 Å². The molecule has 28 heavy (non-hydrogen) atoms. The van der Waals surface area contributed by atoms with Crippen molar-refractivity contribution < 1.29 is 27.5 Å². The lowest BCUT2D eigenvalue weighted by Crippen LogP contribution is -2.49. The van der Waals surface area contributed by atoms with Gasteiger partial charge in [-0.2, -0.15) is 0 Å². The van der Waals surface area contributed by atoms with Crippen molar-refractivity contribution in [3.05, 3.63) is 54.1 Å². The highest BCUT2D eigenvalue weighted by atomic mass is 32.2. The topological polar surface area (TPSA) is 122 Å². The fraction of sp³-hybridized carbons (Fsp3) is 0.167. The summed E-state index contributed by atoms with van der Waals surface area (Å²) in [5, 5.41) is 0. The van der Waals surface area contributed by atoms with Crippen molar-refractivity contribution in [3.8, 4) is 5.75 Å². The summed E-state index contributed by atoms with van der Waals surface area (Å²) >= 11 is 0. The number of carbonyl (C=O) groups excluding carboxylic acids is 3. The lowest BCUT2D eigenvalue weighted by molar-refractivity contribution is -0.125. The molecule has 1 aliphatic rings. The molecule has 2 N–H and O–H groups in total. The molecule has 1 aliphatic heterocycles. The Morgan fingerprint density at radius 3 is 2.64 bits per heavy atom. The molecule has 9 nitrogen and oxygen atoms in total. The van der Waals surface area contributed by atoms with Crippen LogP contribution in [0.3, 0.4) is 0 Å². The minimum absolute atomic E-state index is 0.173. The molecule has 2 aromatic carbocycles. The van der Waals surface area contributed by atoms with Gasteiger partial charge in [-0.3, -0.25) is 24.7 Å². The summed E-state index contributed by atoms with van der Waals surface area (Å²) in [6.45, 7) is 0.710. The van der Waals surface area contributed by atoms with Crippen molar-refractivity contribution in [3.63, 3.8) is 0 Å². The van der Waals surface area contributed by atoms with E-state index in [1.54, 1.807) is 24.3 Å². The Balaban J connectivity index is 1.68. The van der Waals surface area contributed by atoms with E-state index in [4.69, 9.17) is 4.74 Å². The lowest BCUT2D eigenvalue weighted by atomic mass is 10.2. The molecule has 1 heterocycles. The maximum Gasteiger partial charge on any atom is 0.265 e. The van der Waals surface area contributed by atoms with Gasteiger partial charge in [-0.1, -0.05) is 24.3 Å². The van der Waals surface area contributed by atoms with E-state index in [9.17, 15) is 22.8 Å². The molecule has 0 saturated heterocycles. The SMILES string of the molecule is CC(=O)c1cccc(S(=O)(=O)NNC(=O)CN2C(=O)COc3ccccc32)c1. The van der Waals surface area contributed by atoms with Gasteiger partial charge >= 0.3 is 0 Å². The molecule has 0 fully saturated rings. The summed E-state index contributed by atoms with van der Waals surface area (Å²) in [7, 11) is -4.09. The van der Waals surface area contributed by atoms with Crippen LogP contribution in [-0.2, 0) is 19.6 Å². The molecular formula is C18H17N3O6S. The van der Waals surface area contributed by atoms with Gasteiger partial charge in [0.2, 0.25) is 0 Å². The number of hydrazine groups is 1. The van der Waals surface area contributed by atoms with Gasteiger partial charge in [0, 0.05) is 5.56 Å². The Kier molecular flexibility index (Phi) is 5.43. The smallest absolute Gasteiger partial charge is 0.265 e. The number of anilines is 1. The number of Topliss-reactive ketones (excluding diaryl/α,β-unsaturated/α-hetero) is 1. The van der Waals surface area contributed by atoms with E-state index in [0.717, 1.165) is 0 Å². The van der Waals surface area contributed by atoms with Gasteiger partial charge in [0.25, 0.3) is 21.8 Å². The molecule has 0 aromatic heterocycles. The Morgan fingerprint density at radius 2 is 1.89 bits per heavy atom. The highest BCUT2D eigenvalue weighted by Crippen LogP contribution is 2.31. The zero-order chi connectivity index (χ0) is 20.3. The van der Waals surface area contributed by atoms with Crippen LogP contribution in [0.2, 0.25) is 0 Å². The number of benzene rings is 2. The molecule has 0 radical (unpaired) electrons. The van der Waals surface area contributed by atoms with Crippen LogP contribution < -0.4 is 19.9 Å². The zero-order valence-corrected chi connectivity index (χ0v) is 15.7. The number of nitrogens with one attached hydrogen (secondary N) is 2. The first-order valence-electron chi connectivity index (χ1n) is 8.22. The summed E-state index contributed by atoms with van der Waals surface area (Å²) in [6.07, 6.45) is 0. The highest BCUT2D eigenvalue weighted by Gasteiger charge is 2.27. The van der Waals surface area contributed by atoms with Gasteiger partial charge in [-0.05, 0) is 31.2 Å². The number of para-hydroxylation sites is 2. The van der Waals surface area contributed by atoms with Crippen molar-refractivity contribution in [2.75, 3.05) is 18.1 Å². The van der Waals surface area contributed by atoms with Crippen molar-refractivity contribution in [1.82, 2.24) is 10.3 Å². The van der Waals surface area contributed by atoms with Crippen molar-refractivity contribution in [1.29, 1.82) is 0 Å². The predicted molar refractivity (Wildman–Crippen MR) is 99.2 cm³/mol. The number of hydrogen-bond acceptors (Lipinski definition) is 6. The molecule has 0 saturated carbocycles. The van der Waals surface area contributed by atoms with Crippen molar-refractivity contribution >= 4 is 33.3 Å². The number of nitrogens with zero attached hydrogens (tertiary/aromatic N) is 1. The Hall–Kier alpha value is -3.24. The van der Waals surface area contributed by atoms with Gasteiger partial charge in [0.15, 0.2) is 12.4 Å². The second-order valence-corrected chi connectivity index (χ2v) is 7.66. The fourth-order valence-corrected chi connectivity index (χ4v) is 3.48. The summed E-state index contributed by atoms with van der Waals surface area (Å²) in [5.74, 6) is -0.996. The minimum atomic E-state index is -4.09. The van der Waals surface area contributed by atoms with Crippen LogP contribution in [0.1, 0.15) is 17.3 Å². The van der Waals surface area contributed by atoms with Crippen LogP contribution in [0.5, 0.6) is 5.75 Å². The van der Waals surface area contributed by atoms with Gasteiger partial charge < -0.3 is 4.74 Å². The third-order valence-electron chi connectivity index (χ3n) is 3.99. The number of fused-ring (bicyclic) bond motifs is 1. The molecule has 0 aliphatic carbocycles. The highest BCUT2D eigenvalue weighted by molar-refractivity contribution is 7.89. The molecule has 0 spiro atoms. The number of rotatable bonds is 6. The second kappa shape index (κ2) is 7.79. The molecule has 0 unspecified atom stereocenters. The molecule has 146 valence electrons. The van der Waals surface area contributed by atoms with E-state index < -0.39 is 28.4 Å².